The van der Waals surface area contributed by atoms with Crippen LogP contribution >= 0.6 is 11.6 Å². The third-order valence-corrected chi connectivity index (χ3v) is 5.10. The van der Waals surface area contributed by atoms with Gasteiger partial charge in [-0.1, -0.05) is 23.7 Å². The molecule has 3 N–H and O–H groups in total. The average molecular weight is 377 g/mol. The van der Waals surface area contributed by atoms with Crippen LogP contribution in [0.1, 0.15) is 11.3 Å². The second kappa shape index (κ2) is 6.92. The number of hydrogen-bond donors (Lipinski definition) is 2. The molecule has 0 fully saturated rings. The van der Waals surface area contributed by atoms with Crippen LogP contribution in [0.5, 0.6) is 0 Å². The highest BCUT2D eigenvalue weighted by Crippen LogP contribution is 2.27. The Morgan fingerprint density at radius 3 is 2.44 bits per heavy atom. The van der Waals surface area contributed by atoms with E-state index in [1.807, 2.05) is 37.3 Å². The minimum absolute atomic E-state index is 0.0783. The number of nitrogens with one attached hydrogen (secondary N) is 1. The summed E-state index contributed by atoms with van der Waals surface area (Å²) < 4.78 is 28.3. The van der Waals surface area contributed by atoms with Crippen LogP contribution in [0.4, 0.5) is 5.69 Å². The van der Waals surface area contributed by atoms with E-state index in [2.05, 4.69) is 5.32 Å². The summed E-state index contributed by atoms with van der Waals surface area (Å²) in [5.41, 5.74) is 2.70. The van der Waals surface area contributed by atoms with Crippen molar-refractivity contribution in [3.05, 3.63) is 70.9 Å². The lowest BCUT2D eigenvalue weighted by Crippen LogP contribution is -2.11. The van der Waals surface area contributed by atoms with Crippen LogP contribution in [0, 0.1) is 6.92 Å². The molecule has 0 amide bonds. The number of nitrogens with two attached hydrogens (primary N) is 1. The van der Waals surface area contributed by atoms with E-state index >= 15 is 0 Å². The molecule has 0 radical (unpaired) electrons. The molecule has 7 heteroatoms. The van der Waals surface area contributed by atoms with E-state index in [4.69, 9.17) is 21.2 Å². The normalized spacial score (nSPS) is 11.5. The molecule has 3 aromatic rings. The lowest BCUT2D eigenvalue weighted by molar-refractivity contribution is 0.531. The van der Waals surface area contributed by atoms with Crippen molar-refractivity contribution < 1.29 is 12.8 Å². The highest BCUT2D eigenvalue weighted by molar-refractivity contribution is 7.89. The number of rotatable bonds is 5. The number of sulfonamides is 1. The topological polar surface area (TPSA) is 85.3 Å². The summed E-state index contributed by atoms with van der Waals surface area (Å²) in [5.74, 6) is 1.49. The number of benzene rings is 2. The van der Waals surface area contributed by atoms with Gasteiger partial charge in [-0.05, 0) is 55.0 Å². The molecule has 1 aromatic heterocycles. The van der Waals surface area contributed by atoms with Crippen molar-refractivity contribution in [2.45, 2.75) is 18.4 Å². The van der Waals surface area contributed by atoms with E-state index in [0.717, 1.165) is 28.3 Å². The molecule has 0 aliphatic carbocycles. The van der Waals surface area contributed by atoms with Crippen molar-refractivity contribution in [3.8, 4) is 11.3 Å². The van der Waals surface area contributed by atoms with E-state index in [9.17, 15) is 8.42 Å². The van der Waals surface area contributed by atoms with Gasteiger partial charge in [0.15, 0.2) is 0 Å². The molecule has 5 nitrogen and oxygen atoms in total. The average Bonchev–Trinajstić information content (AvgIpc) is 3.04. The van der Waals surface area contributed by atoms with Gasteiger partial charge in [0.05, 0.1) is 11.4 Å². The van der Waals surface area contributed by atoms with E-state index in [-0.39, 0.29) is 4.90 Å². The fraction of sp³-hybridized carbons (Fsp3) is 0.111. The zero-order chi connectivity index (χ0) is 18.0. The van der Waals surface area contributed by atoms with Crippen molar-refractivity contribution >= 4 is 27.3 Å². The highest BCUT2D eigenvalue weighted by atomic mass is 35.5. The zero-order valence-electron chi connectivity index (χ0n) is 13.5. The second-order valence-electron chi connectivity index (χ2n) is 5.65. The molecule has 1 heterocycles. The van der Waals surface area contributed by atoms with E-state index < -0.39 is 10.0 Å². The second-order valence-corrected chi connectivity index (χ2v) is 7.62. The molecular formula is C18H17ClN2O3S. The summed E-state index contributed by atoms with van der Waals surface area (Å²) in [6.07, 6.45) is 0. The van der Waals surface area contributed by atoms with Gasteiger partial charge < -0.3 is 9.73 Å². The molecule has 25 heavy (non-hydrogen) atoms. The van der Waals surface area contributed by atoms with E-state index in [0.29, 0.717) is 11.6 Å². The van der Waals surface area contributed by atoms with Crippen molar-refractivity contribution in [1.29, 1.82) is 0 Å². The lowest BCUT2D eigenvalue weighted by atomic mass is 10.1. The Morgan fingerprint density at radius 2 is 1.80 bits per heavy atom. The Kier molecular flexibility index (Phi) is 4.85. The fourth-order valence-electron chi connectivity index (χ4n) is 2.33. The molecule has 0 unspecified atom stereocenters. The van der Waals surface area contributed by atoms with Gasteiger partial charge in [0.2, 0.25) is 10.0 Å². The van der Waals surface area contributed by atoms with Crippen LogP contribution in [-0.4, -0.2) is 8.42 Å². The van der Waals surface area contributed by atoms with Crippen molar-refractivity contribution in [2.24, 2.45) is 5.14 Å². The summed E-state index contributed by atoms with van der Waals surface area (Å²) in [4.78, 5) is 0.0783. The Morgan fingerprint density at radius 1 is 1.08 bits per heavy atom. The SMILES string of the molecule is Cc1ccc(-c2ccc(CNc3ccc(S(N)(=O)=O)cc3)o2)cc1Cl. The van der Waals surface area contributed by atoms with Gasteiger partial charge >= 0.3 is 0 Å². The molecule has 0 saturated carbocycles. The van der Waals surface area contributed by atoms with Crippen LogP contribution in [-0.2, 0) is 16.6 Å². The maximum atomic E-state index is 11.2. The lowest BCUT2D eigenvalue weighted by Gasteiger charge is -2.05. The predicted octanol–water partition coefficient (Wildman–Crippen LogP) is 4.17. The van der Waals surface area contributed by atoms with Gasteiger partial charge in [0.25, 0.3) is 0 Å². The smallest absolute Gasteiger partial charge is 0.238 e. The number of anilines is 1. The molecule has 0 aliphatic heterocycles. The predicted molar refractivity (Wildman–Crippen MR) is 99.0 cm³/mol. The zero-order valence-corrected chi connectivity index (χ0v) is 15.1. The van der Waals surface area contributed by atoms with Crippen LogP contribution in [0.3, 0.4) is 0 Å². The number of aryl methyl sites for hydroxylation is 1. The number of halogens is 1. The largest absolute Gasteiger partial charge is 0.459 e. The monoisotopic (exact) mass is 376 g/mol. The molecule has 0 aliphatic rings. The first-order valence-corrected chi connectivity index (χ1v) is 9.47. The maximum Gasteiger partial charge on any atom is 0.238 e. The Bertz CT molecular complexity index is 995. The Labute approximate surface area is 151 Å². The molecule has 3 rings (SSSR count). The third-order valence-electron chi connectivity index (χ3n) is 3.77. The quantitative estimate of drug-likeness (QED) is 0.699. The Hall–Kier alpha value is -2.28. The first-order valence-electron chi connectivity index (χ1n) is 7.55. The fourth-order valence-corrected chi connectivity index (χ4v) is 3.02. The molecular weight excluding hydrogens is 360 g/mol. The molecule has 2 aromatic carbocycles. The molecule has 0 bridgehead atoms. The maximum absolute atomic E-state index is 11.2. The number of primary sulfonamides is 1. The standard InChI is InChI=1S/C18H17ClN2O3S/c1-12-2-3-13(10-17(12)19)18-9-6-15(24-18)11-21-14-4-7-16(8-5-14)25(20,22)23/h2-10,21H,11H2,1H3,(H2,20,22,23). The van der Waals surface area contributed by atoms with Crippen LogP contribution < -0.4 is 10.5 Å². The molecule has 0 spiro atoms. The van der Waals surface area contributed by atoms with Crippen LogP contribution in [0.25, 0.3) is 11.3 Å². The van der Waals surface area contributed by atoms with E-state index in [1.54, 1.807) is 12.1 Å². The summed E-state index contributed by atoms with van der Waals surface area (Å²) in [6.45, 7) is 2.42. The van der Waals surface area contributed by atoms with Crippen molar-refractivity contribution in [1.82, 2.24) is 0 Å². The highest BCUT2D eigenvalue weighted by Gasteiger charge is 2.08. The molecule has 0 atom stereocenters. The van der Waals surface area contributed by atoms with Gasteiger partial charge in [0, 0.05) is 16.3 Å². The van der Waals surface area contributed by atoms with Gasteiger partial charge in [-0.3, -0.25) is 0 Å². The first-order chi connectivity index (χ1) is 11.8. The number of furan rings is 1. The summed E-state index contributed by atoms with van der Waals surface area (Å²) >= 11 is 6.15. The van der Waals surface area contributed by atoms with Crippen LogP contribution in [0.2, 0.25) is 5.02 Å². The summed E-state index contributed by atoms with van der Waals surface area (Å²) in [5, 5.41) is 8.94. The van der Waals surface area contributed by atoms with Gasteiger partial charge in [-0.25, -0.2) is 13.6 Å². The van der Waals surface area contributed by atoms with E-state index in [1.165, 1.54) is 12.1 Å². The van der Waals surface area contributed by atoms with Gasteiger partial charge in [-0.2, -0.15) is 0 Å². The van der Waals surface area contributed by atoms with Crippen molar-refractivity contribution in [2.75, 3.05) is 5.32 Å². The minimum Gasteiger partial charge on any atom is -0.459 e. The van der Waals surface area contributed by atoms with Crippen LogP contribution in [0.15, 0.2) is 63.9 Å². The Balaban J connectivity index is 1.68. The third kappa shape index (κ3) is 4.22. The van der Waals surface area contributed by atoms with Gasteiger partial charge in [-0.15, -0.1) is 0 Å². The van der Waals surface area contributed by atoms with Gasteiger partial charge in [0.1, 0.15) is 11.5 Å². The first kappa shape index (κ1) is 17.5. The van der Waals surface area contributed by atoms with Crippen molar-refractivity contribution in [3.63, 3.8) is 0 Å². The molecule has 130 valence electrons. The minimum atomic E-state index is -3.68. The number of hydrogen-bond acceptors (Lipinski definition) is 4. The summed E-state index contributed by atoms with van der Waals surface area (Å²) in [6, 6.07) is 15.8. The molecule has 0 saturated heterocycles. The summed E-state index contributed by atoms with van der Waals surface area (Å²) in [7, 11) is -3.68.